The van der Waals surface area contributed by atoms with E-state index in [2.05, 4.69) is 40.0 Å². The fourth-order valence-corrected chi connectivity index (χ4v) is 3.05. The van der Waals surface area contributed by atoms with Crippen LogP contribution < -0.4 is 14.8 Å². The first-order valence-corrected chi connectivity index (χ1v) is 8.27. The highest BCUT2D eigenvalue weighted by Gasteiger charge is 2.25. The Labute approximate surface area is 140 Å². The van der Waals surface area contributed by atoms with Crippen molar-refractivity contribution in [1.29, 1.82) is 0 Å². The average molecular weight is 330 g/mol. The van der Waals surface area contributed by atoms with E-state index in [4.69, 9.17) is 14.2 Å². The Morgan fingerprint density at radius 1 is 1.17 bits per heavy atom. The van der Waals surface area contributed by atoms with E-state index in [1.54, 1.807) is 0 Å². The summed E-state index contributed by atoms with van der Waals surface area (Å²) in [6.07, 6.45) is 0.818. The van der Waals surface area contributed by atoms with Crippen LogP contribution in [0.15, 0.2) is 18.2 Å². The molecule has 24 heavy (non-hydrogen) atoms. The van der Waals surface area contributed by atoms with Gasteiger partial charge in [0.1, 0.15) is 11.6 Å². The van der Waals surface area contributed by atoms with Gasteiger partial charge in [0.25, 0.3) is 0 Å². The molecule has 0 radical (unpaired) electrons. The van der Waals surface area contributed by atoms with Crippen molar-refractivity contribution < 1.29 is 14.2 Å². The minimum Gasteiger partial charge on any atom is -0.454 e. The third kappa shape index (κ3) is 2.85. The smallest absolute Gasteiger partial charge is 0.231 e. The van der Waals surface area contributed by atoms with Gasteiger partial charge in [0.05, 0.1) is 19.8 Å². The van der Waals surface area contributed by atoms with Gasteiger partial charge in [-0.1, -0.05) is 6.07 Å². The summed E-state index contributed by atoms with van der Waals surface area (Å²) < 4.78 is 18.5. The van der Waals surface area contributed by atoms with Crippen LogP contribution in [-0.2, 0) is 29.8 Å². The lowest BCUT2D eigenvalue weighted by molar-refractivity contribution is 0.139. The van der Waals surface area contributed by atoms with Gasteiger partial charge in [-0.05, 0) is 31.5 Å². The zero-order valence-corrected chi connectivity index (χ0v) is 14.0. The van der Waals surface area contributed by atoms with E-state index in [0.29, 0.717) is 26.6 Å². The molecule has 7 heteroatoms. The first kappa shape index (κ1) is 15.4. The molecule has 0 saturated carbocycles. The first-order valence-electron chi connectivity index (χ1n) is 8.27. The zero-order chi connectivity index (χ0) is 16.6. The Kier molecular flexibility index (Phi) is 3.90. The second kappa shape index (κ2) is 6.07. The molecule has 1 N–H and O–H groups in total. The van der Waals surface area contributed by atoms with E-state index < -0.39 is 0 Å². The predicted octanol–water partition coefficient (Wildman–Crippen LogP) is 1.60. The number of rotatable bonds is 4. The van der Waals surface area contributed by atoms with Crippen LogP contribution in [-0.4, -0.2) is 34.8 Å². The van der Waals surface area contributed by atoms with Crippen molar-refractivity contribution in [3.05, 3.63) is 35.4 Å². The molecule has 0 aliphatic carbocycles. The molecule has 0 amide bonds. The van der Waals surface area contributed by atoms with Gasteiger partial charge in [0, 0.05) is 18.5 Å². The number of hydrogen-bond acceptors (Lipinski definition) is 6. The van der Waals surface area contributed by atoms with Crippen LogP contribution in [0.25, 0.3) is 0 Å². The van der Waals surface area contributed by atoms with Crippen molar-refractivity contribution in [3.8, 4) is 11.5 Å². The predicted molar refractivity (Wildman–Crippen MR) is 87.0 cm³/mol. The average Bonchev–Trinajstić information content (AvgIpc) is 3.13. The van der Waals surface area contributed by atoms with Gasteiger partial charge in [-0.15, -0.1) is 10.2 Å². The lowest BCUT2D eigenvalue weighted by atomic mass is 9.94. The highest BCUT2D eigenvalue weighted by atomic mass is 16.7. The number of fused-ring (bicyclic) bond motifs is 2. The molecule has 0 bridgehead atoms. The van der Waals surface area contributed by atoms with Crippen molar-refractivity contribution in [1.82, 2.24) is 20.1 Å². The maximum absolute atomic E-state index is 5.51. The van der Waals surface area contributed by atoms with E-state index in [-0.39, 0.29) is 5.54 Å². The van der Waals surface area contributed by atoms with Crippen LogP contribution in [0.5, 0.6) is 11.5 Å². The molecular formula is C17H22N4O3. The standard InChI is InChI=1S/C17H22N4O3/c1-17(2,12-3-4-13-14(9-12)24-11-23-13)18-10-16-20-19-15-5-7-22-8-6-21(15)16/h3-4,9,18H,5-8,10-11H2,1-2H3. The number of hydrogen-bond donors (Lipinski definition) is 1. The van der Waals surface area contributed by atoms with Gasteiger partial charge >= 0.3 is 0 Å². The van der Waals surface area contributed by atoms with Crippen molar-refractivity contribution >= 4 is 0 Å². The maximum atomic E-state index is 5.51. The minimum absolute atomic E-state index is 0.228. The third-order valence-corrected chi connectivity index (χ3v) is 4.62. The molecule has 0 fully saturated rings. The number of nitrogens with one attached hydrogen (secondary N) is 1. The van der Waals surface area contributed by atoms with Crippen LogP contribution >= 0.6 is 0 Å². The molecular weight excluding hydrogens is 308 g/mol. The summed E-state index contributed by atoms with van der Waals surface area (Å²) in [5, 5.41) is 12.2. The Balaban J connectivity index is 1.49. The van der Waals surface area contributed by atoms with Gasteiger partial charge in [0.15, 0.2) is 11.5 Å². The largest absolute Gasteiger partial charge is 0.454 e. The Bertz CT molecular complexity index is 741. The van der Waals surface area contributed by atoms with Crippen LogP contribution in [0.1, 0.15) is 31.1 Å². The fraction of sp³-hybridized carbons (Fsp3) is 0.529. The molecule has 7 nitrogen and oxygen atoms in total. The molecule has 3 heterocycles. The number of nitrogens with zero attached hydrogens (tertiary/aromatic N) is 3. The Morgan fingerprint density at radius 2 is 2.04 bits per heavy atom. The highest BCUT2D eigenvalue weighted by molar-refractivity contribution is 5.46. The summed E-state index contributed by atoms with van der Waals surface area (Å²) in [7, 11) is 0. The Hall–Kier alpha value is -2.12. The molecule has 0 spiro atoms. The topological polar surface area (TPSA) is 70.4 Å². The van der Waals surface area contributed by atoms with Gasteiger partial charge in [0.2, 0.25) is 6.79 Å². The zero-order valence-electron chi connectivity index (χ0n) is 14.0. The molecule has 1 aromatic heterocycles. The molecule has 0 saturated heterocycles. The molecule has 2 aromatic rings. The van der Waals surface area contributed by atoms with Gasteiger partial charge in [-0.2, -0.15) is 0 Å². The molecule has 0 unspecified atom stereocenters. The minimum atomic E-state index is -0.228. The molecule has 128 valence electrons. The second-order valence-corrected chi connectivity index (χ2v) is 6.59. The summed E-state index contributed by atoms with van der Waals surface area (Å²) in [6, 6.07) is 6.06. The normalized spacial score (nSPS) is 16.8. The Morgan fingerprint density at radius 3 is 2.96 bits per heavy atom. The van der Waals surface area contributed by atoms with E-state index in [1.165, 1.54) is 0 Å². The summed E-state index contributed by atoms with van der Waals surface area (Å²) in [4.78, 5) is 0. The lowest BCUT2D eigenvalue weighted by Gasteiger charge is -2.27. The van der Waals surface area contributed by atoms with Gasteiger partial charge in [-0.25, -0.2) is 0 Å². The van der Waals surface area contributed by atoms with Gasteiger partial charge < -0.3 is 24.1 Å². The summed E-state index contributed by atoms with van der Waals surface area (Å²) in [5.74, 6) is 3.56. The van der Waals surface area contributed by atoms with Crippen molar-refractivity contribution in [2.75, 3.05) is 20.0 Å². The second-order valence-electron chi connectivity index (χ2n) is 6.59. The van der Waals surface area contributed by atoms with Gasteiger partial charge in [-0.3, -0.25) is 0 Å². The first-order chi connectivity index (χ1) is 11.6. The molecule has 2 aliphatic rings. The van der Waals surface area contributed by atoms with Crippen LogP contribution in [0.3, 0.4) is 0 Å². The summed E-state index contributed by atoms with van der Waals surface area (Å²) in [5.41, 5.74) is 0.917. The summed E-state index contributed by atoms with van der Waals surface area (Å²) >= 11 is 0. The van der Waals surface area contributed by atoms with Crippen LogP contribution in [0.4, 0.5) is 0 Å². The molecule has 1 aromatic carbocycles. The quantitative estimate of drug-likeness (QED) is 0.918. The fourth-order valence-electron chi connectivity index (χ4n) is 3.05. The van der Waals surface area contributed by atoms with E-state index in [1.807, 2.05) is 12.1 Å². The van der Waals surface area contributed by atoms with E-state index in [9.17, 15) is 0 Å². The number of ether oxygens (including phenoxy) is 3. The highest BCUT2D eigenvalue weighted by Crippen LogP contribution is 2.35. The van der Waals surface area contributed by atoms with Crippen LogP contribution in [0, 0.1) is 0 Å². The van der Waals surface area contributed by atoms with Crippen molar-refractivity contribution in [2.24, 2.45) is 0 Å². The molecule has 0 atom stereocenters. The summed E-state index contributed by atoms with van der Waals surface area (Å²) in [6.45, 7) is 7.47. The van der Waals surface area contributed by atoms with E-state index in [0.717, 1.165) is 41.7 Å². The number of benzene rings is 1. The van der Waals surface area contributed by atoms with Crippen LogP contribution in [0.2, 0.25) is 0 Å². The van der Waals surface area contributed by atoms with Crippen molar-refractivity contribution in [2.45, 2.75) is 38.9 Å². The lowest BCUT2D eigenvalue weighted by Crippen LogP contribution is -2.36. The van der Waals surface area contributed by atoms with E-state index >= 15 is 0 Å². The molecule has 2 aliphatic heterocycles. The molecule has 4 rings (SSSR count). The number of aromatic nitrogens is 3. The van der Waals surface area contributed by atoms with Crippen molar-refractivity contribution in [3.63, 3.8) is 0 Å². The maximum Gasteiger partial charge on any atom is 0.231 e. The SMILES string of the molecule is CC(C)(NCc1nnc2n1CCOCC2)c1ccc2c(c1)OCO2. The third-order valence-electron chi connectivity index (χ3n) is 4.62. The monoisotopic (exact) mass is 330 g/mol.